The summed E-state index contributed by atoms with van der Waals surface area (Å²) in [6.45, 7) is 6.79. The predicted molar refractivity (Wildman–Crippen MR) is 108 cm³/mol. The van der Waals surface area contributed by atoms with Crippen LogP contribution >= 0.6 is 0 Å². The summed E-state index contributed by atoms with van der Waals surface area (Å²) in [6.07, 6.45) is 2.71. The Morgan fingerprint density at radius 3 is 2.41 bits per heavy atom. The molecule has 0 spiro atoms. The number of aliphatic carboxylic acids is 1. The lowest BCUT2D eigenvalue weighted by Crippen LogP contribution is -2.48. The number of carboxylic acids is 1. The van der Waals surface area contributed by atoms with Gasteiger partial charge in [0.05, 0.1) is 0 Å². The molecule has 0 bridgehead atoms. The fourth-order valence-electron chi connectivity index (χ4n) is 3.78. The molecular weight excluding hydrogens is 374 g/mol. The van der Waals surface area contributed by atoms with Crippen molar-refractivity contribution in [1.29, 1.82) is 0 Å². The first-order chi connectivity index (χ1) is 13.7. The summed E-state index contributed by atoms with van der Waals surface area (Å²) in [6, 6.07) is 2.65. The molecule has 1 aromatic carbocycles. The quantitative estimate of drug-likeness (QED) is 0.721. The Bertz CT molecular complexity index is 1010. The first-order valence-corrected chi connectivity index (χ1v) is 9.98. The molecule has 1 aliphatic carbocycles. The van der Waals surface area contributed by atoms with Crippen molar-refractivity contribution in [3.63, 3.8) is 0 Å². The minimum atomic E-state index is -1.09. The first kappa shape index (κ1) is 20.9. The topological polar surface area (TPSA) is 106 Å². The molecule has 2 unspecified atom stereocenters. The van der Waals surface area contributed by atoms with Gasteiger partial charge in [-0.15, -0.1) is 0 Å². The molecule has 1 heterocycles. The van der Waals surface area contributed by atoms with Gasteiger partial charge in [-0.1, -0.05) is 13.8 Å². The molecule has 0 saturated heterocycles. The van der Waals surface area contributed by atoms with E-state index in [1.54, 1.807) is 33.8 Å². The van der Waals surface area contributed by atoms with Crippen LogP contribution in [-0.4, -0.2) is 29.1 Å². The van der Waals surface area contributed by atoms with Crippen molar-refractivity contribution in [2.75, 3.05) is 0 Å². The molecule has 0 radical (unpaired) electrons. The maximum Gasteiger partial charge on any atom is 0.339 e. The number of rotatable bonds is 6. The molecule has 29 heavy (non-hydrogen) atoms. The minimum absolute atomic E-state index is 0.258. The molecule has 2 aromatic rings. The van der Waals surface area contributed by atoms with E-state index in [1.165, 1.54) is 0 Å². The van der Waals surface area contributed by atoms with E-state index in [4.69, 9.17) is 9.15 Å². The van der Waals surface area contributed by atoms with Gasteiger partial charge in [-0.25, -0.2) is 9.59 Å². The highest BCUT2D eigenvalue weighted by molar-refractivity contribution is 5.88. The fourth-order valence-corrected chi connectivity index (χ4v) is 3.78. The summed E-state index contributed by atoms with van der Waals surface area (Å²) in [5.74, 6) is -1.44. The van der Waals surface area contributed by atoms with Gasteiger partial charge in [-0.3, -0.25) is 4.79 Å². The van der Waals surface area contributed by atoms with Crippen LogP contribution < -0.4 is 15.7 Å². The van der Waals surface area contributed by atoms with E-state index in [-0.39, 0.29) is 11.5 Å². The number of carbonyl (C=O) groups is 2. The summed E-state index contributed by atoms with van der Waals surface area (Å²) < 4.78 is 11.4. The van der Waals surface area contributed by atoms with Gasteiger partial charge < -0.3 is 19.6 Å². The van der Waals surface area contributed by atoms with Crippen LogP contribution in [0.3, 0.4) is 0 Å². The Hall–Kier alpha value is -2.83. The average molecular weight is 401 g/mol. The highest BCUT2D eigenvalue weighted by Crippen LogP contribution is 2.32. The summed E-state index contributed by atoms with van der Waals surface area (Å²) in [5, 5.41) is 12.7. The van der Waals surface area contributed by atoms with Crippen LogP contribution in [0, 0.1) is 12.8 Å². The first-order valence-electron chi connectivity index (χ1n) is 9.98. The molecule has 156 valence electrons. The predicted octanol–water partition coefficient (Wildman–Crippen LogP) is 2.97. The standard InChI is InChI=1S/C22H27NO6/c1-11(2)18(21(25)26)23-20(24)13(4)28-17-10-9-15-14-7-5-6-8-16(14)22(27)29-19(15)12(17)3/h9-11,13,18H,5-8H2,1-4H3,(H,23,24)(H,25,26). The third-order valence-corrected chi connectivity index (χ3v) is 5.49. The van der Waals surface area contributed by atoms with Crippen molar-refractivity contribution in [2.45, 2.75) is 65.5 Å². The number of hydrogen-bond donors (Lipinski definition) is 2. The molecular formula is C22H27NO6. The van der Waals surface area contributed by atoms with E-state index in [1.807, 2.05) is 6.07 Å². The second-order valence-electron chi connectivity index (χ2n) is 7.95. The van der Waals surface area contributed by atoms with Crippen molar-refractivity contribution < 1.29 is 23.8 Å². The van der Waals surface area contributed by atoms with E-state index >= 15 is 0 Å². The van der Waals surface area contributed by atoms with Crippen molar-refractivity contribution in [2.24, 2.45) is 5.92 Å². The molecule has 0 aliphatic heterocycles. The summed E-state index contributed by atoms with van der Waals surface area (Å²) in [4.78, 5) is 36.1. The van der Waals surface area contributed by atoms with Crippen molar-refractivity contribution in [3.8, 4) is 5.75 Å². The van der Waals surface area contributed by atoms with Gasteiger partial charge in [-0.05, 0) is 63.1 Å². The zero-order chi connectivity index (χ0) is 21.3. The minimum Gasteiger partial charge on any atom is -0.480 e. The molecule has 0 saturated carbocycles. The third kappa shape index (κ3) is 4.13. The Morgan fingerprint density at radius 1 is 1.14 bits per heavy atom. The number of hydrogen-bond acceptors (Lipinski definition) is 5. The molecule has 1 aromatic heterocycles. The summed E-state index contributed by atoms with van der Waals surface area (Å²) in [5.41, 5.74) is 2.62. The zero-order valence-corrected chi connectivity index (χ0v) is 17.2. The SMILES string of the molecule is Cc1c(OC(C)C(=O)NC(C(=O)O)C(C)C)ccc2c3c(c(=O)oc12)CCCC3. The smallest absolute Gasteiger partial charge is 0.339 e. The Labute approximate surface area is 169 Å². The Morgan fingerprint density at radius 2 is 1.79 bits per heavy atom. The van der Waals surface area contributed by atoms with Gasteiger partial charge in [-0.2, -0.15) is 0 Å². The Balaban J connectivity index is 1.87. The summed E-state index contributed by atoms with van der Waals surface area (Å²) >= 11 is 0. The molecule has 0 fully saturated rings. The van der Waals surface area contributed by atoms with Crippen LogP contribution in [0.5, 0.6) is 5.75 Å². The molecule has 3 rings (SSSR count). The van der Waals surface area contributed by atoms with Crippen LogP contribution in [0.25, 0.3) is 11.0 Å². The van der Waals surface area contributed by atoms with Crippen LogP contribution in [-0.2, 0) is 22.4 Å². The van der Waals surface area contributed by atoms with E-state index in [2.05, 4.69) is 5.32 Å². The lowest BCUT2D eigenvalue weighted by molar-refractivity contribution is -0.144. The maximum atomic E-state index is 12.4. The lowest BCUT2D eigenvalue weighted by atomic mass is 9.90. The molecule has 2 N–H and O–H groups in total. The van der Waals surface area contributed by atoms with E-state index < -0.39 is 24.0 Å². The van der Waals surface area contributed by atoms with Crippen molar-refractivity contribution in [1.82, 2.24) is 5.32 Å². The van der Waals surface area contributed by atoms with Gasteiger partial charge in [0.25, 0.3) is 5.91 Å². The monoisotopic (exact) mass is 401 g/mol. The Kier molecular flexibility index (Phi) is 5.96. The maximum absolute atomic E-state index is 12.4. The lowest BCUT2D eigenvalue weighted by Gasteiger charge is -2.22. The van der Waals surface area contributed by atoms with Crippen molar-refractivity contribution in [3.05, 3.63) is 39.2 Å². The average Bonchev–Trinajstić information content (AvgIpc) is 2.68. The highest BCUT2D eigenvalue weighted by Gasteiger charge is 2.27. The summed E-state index contributed by atoms with van der Waals surface area (Å²) in [7, 11) is 0. The van der Waals surface area contributed by atoms with Gasteiger partial charge >= 0.3 is 11.6 Å². The molecule has 2 atom stereocenters. The van der Waals surface area contributed by atoms with Gasteiger partial charge in [0.15, 0.2) is 6.10 Å². The normalized spacial score (nSPS) is 15.6. The molecule has 7 nitrogen and oxygen atoms in total. The molecule has 7 heteroatoms. The number of nitrogens with one attached hydrogen (secondary N) is 1. The van der Waals surface area contributed by atoms with E-state index in [0.29, 0.717) is 16.9 Å². The second kappa shape index (κ2) is 8.27. The van der Waals surface area contributed by atoms with Crippen LogP contribution in [0.15, 0.2) is 21.3 Å². The van der Waals surface area contributed by atoms with Gasteiger partial charge in [0.2, 0.25) is 0 Å². The number of benzene rings is 1. The van der Waals surface area contributed by atoms with E-state index in [9.17, 15) is 19.5 Å². The fraction of sp³-hybridized carbons (Fsp3) is 0.500. The van der Waals surface area contributed by atoms with Gasteiger partial charge in [0.1, 0.15) is 17.4 Å². The number of fused-ring (bicyclic) bond motifs is 3. The van der Waals surface area contributed by atoms with Crippen molar-refractivity contribution >= 4 is 22.8 Å². The number of aryl methyl sites for hydroxylation is 2. The number of ether oxygens (including phenoxy) is 1. The number of amides is 1. The molecule has 1 aliphatic rings. The van der Waals surface area contributed by atoms with Crippen LogP contribution in [0.4, 0.5) is 0 Å². The van der Waals surface area contributed by atoms with E-state index in [0.717, 1.165) is 42.2 Å². The highest BCUT2D eigenvalue weighted by atomic mass is 16.5. The second-order valence-corrected chi connectivity index (χ2v) is 7.95. The number of carbonyl (C=O) groups excluding carboxylic acids is 1. The van der Waals surface area contributed by atoms with Gasteiger partial charge in [0, 0.05) is 16.5 Å². The largest absolute Gasteiger partial charge is 0.480 e. The zero-order valence-electron chi connectivity index (χ0n) is 17.2. The molecule has 1 amide bonds. The van der Waals surface area contributed by atoms with Crippen LogP contribution in [0.1, 0.15) is 50.3 Å². The number of carboxylic acid groups (broad SMARTS) is 1. The van der Waals surface area contributed by atoms with Crippen LogP contribution in [0.2, 0.25) is 0 Å². The third-order valence-electron chi connectivity index (χ3n) is 5.49.